The molecule has 0 N–H and O–H groups in total. The van der Waals surface area contributed by atoms with Gasteiger partial charge < -0.3 is 9.26 Å². The van der Waals surface area contributed by atoms with Crippen LogP contribution in [-0.4, -0.2) is 52.3 Å². The van der Waals surface area contributed by atoms with Crippen molar-refractivity contribution in [2.45, 2.75) is 24.3 Å². The van der Waals surface area contributed by atoms with E-state index in [1.165, 1.54) is 21.3 Å². The molecule has 4 rings (SSSR count). The van der Waals surface area contributed by atoms with Gasteiger partial charge in [-0.25, -0.2) is 12.8 Å². The second kappa shape index (κ2) is 7.65. The van der Waals surface area contributed by atoms with Crippen molar-refractivity contribution in [3.63, 3.8) is 0 Å². The highest BCUT2D eigenvalue weighted by atomic mass is 32.2. The molecule has 1 aromatic carbocycles. The quantitative estimate of drug-likeness (QED) is 0.616. The lowest BCUT2D eigenvalue weighted by Crippen LogP contribution is -2.42. The maximum Gasteiger partial charge on any atom is 0.257 e. The van der Waals surface area contributed by atoms with Gasteiger partial charge in [-0.3, -0.25) is 4.68 Å². The number of morpholine rings is 1. The lowest BCUT2D eigenvalue weighted by molar-refractivity contribution is -0.0199. The fraction of sp³-hybridized carbons (Fsp3) is 0.389. The molecule has 9 nitrogen and oxygen atoms in total. The number of aromatic nitrogens is 4. The molecular weight excluding hydrogens is 401 g/mol. The second-order valence-corrected chi connectivity index (χ2v) is 8.66. The molecule has 3 aromatic rings. The maximum atomic E-state index is 13.8. The summed E-state index contributed by atoms with van der Waals surface area (Å²) in [6, 6.07) is 6.35. The molecule has 154 valence electrons. The molecule has 0 amide bonds. The number of halogens is 1. The van der Waals surface area contributed by atoms with Crippen LogP contribution in [0, 0.1) is 12.7 Å². The Labute approximate surface area is 167 Å². The molecule has 1 unspecified atom stereocenters. The van der Waals surface area contributed by atoms with Gasteiger partial charge >= 0.3 is 0 Å². The highest BCUT2D eigenvalue weighted by Crippen LogP contribution is 2.27. The Morgan fingerprint density at radius 2 is 2.10 bits per heavy atom. The summed E-state index contributed by atoms with van der Waals surface area (Å²) in [6.07, 6.45) is 0.811. The van der Waals surface area contributed by atoms with Crippen molar-refractivity contribution in [3.05, 3.63) is 59.3 Å². The average molecular weight is 421 g/mol. The van der Waals surface area contributed by atoms with Crippen LogP contribution in [0.3, 0.4) is 0 Å². The molecule has 11 heteroatoms. The fourth-order valence-electron chi connectivity index (χ4n) is 3.15. The predicted octanol–water partition coefficient (Wildman–Crippen LogP) is 1.60. The standard InChI is InChI=1S/C18H20FN5O4S/c1-12-16(10-20-23(12)2)29(25,26)24-7-8-27-15(11-24)18-21-17(22-28-18)9-13-5-3-4-6-14(13)19/h3-6,10,15H,7-9,11H2,1-2H3. The van der Waals surface area contributed by atoms with Crippen LogP contribution in [-0.2, 0) is 28.2 Å². The van der Waals surface area contributed by atoms with Gasteiger partial charge in [-0.15, -0.1) is 0 Å². The number of hydrogen-bond donors (Lipinski definition) is 0. The smallest absolute Gasteiger partial charge is 0.257 e. The van der Waals surface area contributed by atoms with Crippen LogP contribution in [0.25, 0.3) is 0 Å². The third-order valence-electron chi connectivity index (χ3n) is 4.90. The zero-order valence-corrected chi connectivity index (χ0v) is 16.8. The summed E-state index contributed by atoms with van der Waals surface area (Å²) in [6.45, 7) is 2.14. The first-order valence-electron chi connectivity index (χ1n) is 9.02. The van der Waals surface area contributed by atoms with Gasteiger partial charge in [0.25, 0.3) is 5.89 Å². The first-order chi connectivity index (χ1) is 13.9. The second-order valence-electron chi connectivity index (χ2n) is 6.76. The molecule has 0 aliphatic carbocycles. The Morgan fingerprint density at radius 3 is 2.83 bits per heavy atom. The minimum absolute atomic E-state index is 0.0397. The summed E-state index contributed by atoms with van der Waals surface area (Å²) in [4.78, 5) is 4.43. The molecule has 3 heterocycles. The Balaban J connectivity index is 1.51. The lowest BCUT2D eigenvalue weighted by Gasteiger charge is -2.30. The number of hydrogen-bond acceptors (Lipinski definition) is 7. The third-order valence-corrected chi connectivity index (χ3v) is 6.87. The van der Waals surface area contributed by atoms with Crippen molar-refractivity contribution in [2.75, 3.05) is 19.7 Å². The van der Waals surface area contributed by atoms with E-state index in [2.05, 4.69) is 15.2 Å². The fourth-order valence-corrected chi connectivity index (χ4v) is 4.76. The Hall–Kier alpha value is -2.63. The van der Waals surface area contributed by atoms with Gasteiger partial charge in [0.15, 0.2) is 11.9 Å². The number of rotatable bonds is 5. The Kier molecular flexibility index (Phi) is 5.19. The van der Waals surface area contributed by atoms with E-state index in [1.54, 1.807) is 32.2 Å². The third kappa shape index (κ3) is 3.80. The van der Waals surface area contributed by atoms with E-state index in [1.807, 2.05) is 0 Å². The number of aryl methyl sites for hydroxylation is 1. The van der Waals surface area contributed by atoms with Crippen LogP contribution < -0.4 is 0 Å². The molecular formula is C18H20FN5O4S. The molecule has 2 aromatic heterocycles. The number of benzene rings is 1. The summed E-state index contributed by atoms with van der Waals surface area (Å²) in [5, 5.41) is 7.89. The molecule has 0 spiro atoms. The van der Waals surface area contributed by atoms with Gasteiger partial charge in [-0.05, 0) is 18.6 Å². The normalized spacial score (nSPS) is 18.2. The van der Waals surface area contributed by atoms with E-state index < -0.39 is 16.1 Å². The van der Waals surface area contributed by atoms with E-state index in [0.29, 0.717) is 17.1 Å². The monoisotopic (exact) mass is 421 g/mol. The molecule has 0 radical (unpaired) electrons. The molecule has 29 heavy (non-hydrogen) atoms. The van der Waals surface area contributed by atoms with E-state index in [-0.39, 0.29) is 42.7 Å². The summed E-state index contributed by atoms with van der Waals surface area (Å²) in [5.41, 5.74) is 0.999. The zero-order valence-electron chi connectivity index (χ0n) is 15.9. The molecule has 1 fully saturated rings. The minimum atomic E-state index is -3.73. The van der Waals surface area contributed by atoms with Crippen molar-refractivity contribution < 1.29 is 22.1 Å². The predicted molar refractivity (Wildman–Crippen MR) is 98.9 cm³/mol. The van der Waals surface area contributed by atoms with Gasteiger partial charge in [0.2, 0.25) is 10.0 Å². The van der Waals surface area contributed by atoms with Gasteiger partial charge in [0.1, 0.15) is 10.7 Å². The average Bonchev–Trinajstić information content (AvgIpc) is 3.31. The van der Waals surface area contributed by atoms with Gasteiger partial charge in [0, 0.05) is 26.6 Å². The summed E-state index contributed by atoms with van der Waals surface area (Å²) in [5.74, 6) is 0.118. The molecule has 1 aliphatic rings. The zero-order chi connectivity index (χ0) is 20.6. The van der Waals surface area contributed by atoms with Crippen molar-refractivity contribution in [1.29, 1.82) is 0 Å². The number of sulfonamides is 1. The first kappa shape index (κ1) is 19.7. The minimum Gasteiger partial charge on any atom is -0.366 e. The molecule has 0 bridgehead atoms. The van der Waals surface area contributed by atoms with Gasteiger partial charge in [-0.2, -0.15) is 14.4 Å². The van der Waals surface area contributed by atoms with Crippen molar-refractivity contribution in [2.24, 2.45) is 7.05 Å². The molecule has 1 aliphatic heterocycles. The summed E-state index contributed by atoms with van der Waals surface area (Å²) >= 11 is 0. The number of nitrogens with zero attached hydrogens (tertiary/aromatic N) is 5. The van der Waals surface area contributed by atoms with Crippen LogP contribution in [0.5, 0.6) is 0 Å². The van der Waals surface area contributed by atoms with Crippen LogP contribution >= 0.6 is 0 Å². The van der Waals surface area contributed by atoms with Gasteiger partial charge in [0.05, 0.1) is 18.5 Å². The molecule has 1 saturated heterocycles. The van der Waals surface area contributed by atoms with Crippen LogP contribution in [0.1, 0.15) is 29.1 Å². The van der Waals surface area contributed by atoms with Gasteiger partial charge in [-0.1, -0.05) is 23.4 Å². The Bertz CT molecular complexity index is 1130. The van der Waals surface area contributed by atoms with E-state index >= 15 is 0 Å². The summed E-state index contributed by atoms with van der Waals surface area (Å²) in [7, 11) is -2.04. The highest BCUT2D eigenvalue weighted by Gasteiger charge is 2.35. The highest BCUT2D eigenvalue weighted by molar-refractivity contribution is 7.89. The van der Waals surface area contributed by atoms with Crippen molar-refractivity contribution in [3.8, 4) is 0 Å². The summed E-state index contributed by atoms with van der Waals surface area (Å²) < 4.78 is 53.6. The van der Waals surface area contributed by atoms with E-state index in [9.17, 15) is 12.8 Å². The first-order valence-corrected chi connectivity index (χ1v) is 10.5. The van der Waals surface area contributed by atoms with Crippen LogP contribution in [0.4, 0.5) is 4.39 Å². The number of ether oxygens (including phenoxy) is 1. The largest absolute Gasteiger partial charge is 0.366 e. The van der Waals surface area contributed by atoms with Crippen molar-refractivity contribution >= 4 is 10.0 Å². The molecule has 1 atom stereocenters. The molecule has 0 saturated carbocycles. The SMILES string of the molecule is Cc1c(S(=O)(=O)N2CCOC(c3nc(Cc4ccccc4F)no3)C2)cnn1C. The van der Waals surface area contributed by atoms with Crippen LogP contribution in [0.15, 0.2) is 39.9 Å². The maximum absolute atomic E-state index is 13.8. The van der Waals surface area contributed by atoms with E-state index in [0.717, 1.165) is 0 Å². The van der Waals surface area contributed by atoms with Crippen molar-refractivity contribution in [1.82, 2.24) is 24.2 Å². The lowest BCUT2D eigenvalue weighted by atomic mass is 10.1. The van der Waals surface area contributed by atoms with Crippen LogP contribution in [0.2, 0.25) is 0 Å². The van der Waals surface area contributed by atoms with E-state index in [4.69, 9.17) is 9.26 Å². The topological polar surface area (TPSA) is 103 Å². The Morgan fingerprint density at radius 1 is 1.31 bits per heavy atom.